The molecular formula is C25H26O3. The zero-order valence-electron chi connectivity index (χ0n) is 17.1. The molecule has 0 unspecified atom stereocenters. The largest absolute Gasteiger partial charge is 0.496 e. The van der Waals surface area contributed by atoms with Gasteiger partial charge in [0.1, 0.15) is 5.75 Å². The van der Waals surface area contributed by atoms with Crippen molar-refractivity contribution < 1.29 is 14.3 Å². The van der Waals surface area contributed by atoms with Gasteiger partial charge in [0.2, 0.25) is 0 Å². The first-order valence-electron chi connectivity index (χ1n) is 9.48. The van der Waals surface area contributed by atoms with Crippen LogP contribution in [0.2, 0.25) is 0 Å². The van der Waals surface area contributed by atoms with Gasteiger partial charge in [-0.05, 0) is 90.6 Å². The lowest BCUT2D eigenvalue weighted by Crippen LogP contribution is -2.03. The van der Waals surface area contributed by atoms with E-state index in [9.17, 15) is 4.79 Å². The van der Waals surface area contributed by atoms with Gasteiger partial charge in [0, 0.05) is 0 Å². The number of carbonyl (C=O) groups is 1. The van der Waals surface area contributed by atoms with Gasteiger partial charge in [-0.2, -0.15) is 0 Å². The molecule has 3 aromatic rings. The van der Waals surface area contributed by atoms with Crippen molar-refractivity contribution in [3.8, 4) is 5.75 Å². The number of carbonyl (C=O) groups excluding carboxylic acids is 1. The Hall–Kier alpha value is -3.07. The molecule has 3 heteroatoms. The maximum atomic E-state index is 11.8. The molecule has 0 radical (unpaired) electrons. The van der Waals surface area contributed by atoms with Crippen molar-refractivity contribution >= 4 is 28.4 Å². The minimum Gasteiger partial charge on any atom is -0.496 e. The van der Waals surface area contributed by atoms with Crippen molar-refractivity contribution in [3.63, 3.8) is 0 Å². The van der Waals surface area contributed by atoms with E-state index in [1.807, 2.05) is 12.1 Å². The lowest BCUT2D eigenvalue weighted by molar-refractivity contribution is 0.0526. The zero-order valence-corrected chi connectivity index (χ0v) is 17.1. The van der Waals surface area contributed by atoms with Crippen LogP contribution in [-0.2, 0) is 4.74 Å². The molecule has 0 atom stereocenters. The highest BCUT2D eigenvalue weighted by atomic mass is 16.5. The van der Waals surface area contributed by atoms with Crippen LogP contribution in [0.15, 0.2) is 48.5 Å². The van der Waals surface area contributed by atoms with E-state index >= 15 is 0 Å². The molecule has 0 heterocycles. The standard InChI is InChI=1S/C25H26O3/c1-6-28-25(26)20-9-7-19(8-10-20)13-16(2)21-11-12-22-18(4)24(27-5)14-17(3)23(22)15-21/h7-15H,6H2,1-5H3/b16-13-. The fourth-order valence-electron chi connectivity index (χ4n) is 3.43. The van der Waals surface area contributed by atoms with Crippen LogP contribution in [0.25, 0.3) is 22.4 Å². The number of hydrogen-bond donors (Lipinski definition) is 0. The molecule has 0 saturated heterocycles. The van der Waals surface area contributed by atoms with E-state index in [0.717, 1.165) is 16.9 Å². The smallest absolute Gasteiger partial charge is 0.338 e. The molecule has 0 aliphatic rings. The molecule has 0 aliphatic heterocycles. The summed E-state index contributed by atoms with van der Waals surface area (Å²) in [5, 5.41) is 2.45. The number of allylic oxidation sites excluding steroid dienone is 1. The molecule has 0 aliphatic carbocycles. The van der Waals surface area contributed by atoms with Crippen LogP contribution < -0.4 is 4.74 Å². The van der Waals surface area contributed by atoms with Gasteiger partial charge < -0.3 is 9.47 Å². The highest BCUT2D eigenvalue weighted by Crippen LogP contribution is 2.32. The van der Waals surface area contributed by atoms with Crippen LogP contribution >= 0.6 is 0 Å². The fourth-order valence-corrected chi connectivity index (χ4v) is 3.43. The first-order valence-corrected chi connectivity index (χ1v) is 9.48. The summed E-state index contributed by atoms with van der Waals surface area (Å²) in [5.41, 5.74) is 6.32. The van der Waals surface area contributed by atoms with Gasteiger partial charge in [0.05, 0.1) is 19.3 Å². The molecule has 0 spiro atoms. The summed E-state index contributed by atoms with van der Waals surface area (Å²) >= 11 is 0. The predicted octanol–water partition coefficient (Wildman–Crippen LogP) is 6.20. The maximum absolute atomic E-state index is 11.8. The van der Waals surface area contributed by atoms with Crippen LogP contribution in [0.5, 0.6) is 5.75 Å². The average Bonchev–Trinajstić information content (AvgIpc) is 2.71. The summed E-state index contributed by atoms with van der Waals surface area (Å²) in [6.07, 6.45) is 2.13. The molecule has 0 amide bonds. The molecular weight excluding hydrogens is 348 g/mol. The summed E-state index contributed by atoms with van der Waals surface area (Å²) in [6.45, 7) is 8.50. The highest BCUT2D eigenvalue weighted by molar-refractivity contribution is 5.94. The summed E-state index contributed by atoms with van der Waals surface area (Å²) in [6, 6.07) is 16.1. The van der Waals surface area contributed by atoms with E-state index in [0.29, 0.717) is 12.2 Å². The van der Waals surface area contributed by atoms with E-state index in [1.165, 1.54) is 27.5 Å². The normalized spacial score (nSPS) is 11.5. The van der Waals surface area contributed by atoms with Crippen LogP contribution in [-0.4, -0.2) is 19.7 Å². The Bertz CT molecular complexity index is 1040. The Morgan fingerprint density at radius 3 is 2.29 bits per heavy atom. The van der Waals surface area contributed by atoms with Gasteiger partial charge in [-0.15, -0.1) is 0 Å². The number of fused-ring (bicyclic) bond motifs is 1. The molecule has 0 saturated carbocycles. The Labute approximate surface area is 166 Å². The van der Waals surface area contributed by atoms with Crippen molar-refractivity contribution in [2.75, 3.05) is 13.7 Å². The van der Waals surface area contributed by atoms with Crippen LogP contribution in [0.3, 0.4) is 0 Å². The topological polar surface area (TPSA) is 35.5 Å². The Balaban J connectivity index is 1.93. The zero-order chi connectivity index (χ0) is 20.3. The van der Waals surface area contributed by atoms with Crippen molar-refractivity contribution in [2.24, 2.45) is 0 Å². The third kappa shape index (κ3) is 3.94. The minimum atomic E-state index is -0.287. The van der Waals surface area contributed by atoms with Gasteiger partial charge in [-0.1, -0.05) is 30.3 Å². The lowest BCUT2D eigenvalue weighted by atomic mass is 9.95. The summed E-state index contributed by atoms with van der Waals surface area (Å²) in [7, 11) is 1.71. The highest BCUT2D eigenvalue weighted by Gasteiger charge is 2.09. The first-order chi connectivity index (χ1) is 13.4. The van der Waals surface area contributed by atoms with Gasteiger partial charge >= 0.3 is 5.97 Å². The van der Waals surface area contributed by atoms with Gasteiger partial charge in [0.25, 0.3) is 0 Å². The molecule has 0 N–H and O–H groups in total. The average molecular weight is 374 g/mol. The van der Waals surface area contributed by atoms with Gasteiger partial charge in [-0.3, -0.25) is 0 Å². The van der Waals surface area contributed by atoms with E-state index in [-0.39, 0.29) is 5.97 Å². The van der Waals surface area contributed by atoms with Crippen LogP contribution in [0.4, 0.5) is 0 Å². The molecule has 0 fully saturated rings. The monoisotopic (exact) mass is 374 g/mol. The maximum Gasteiger partial charge on any atom is 0.338 e. The van der Waals surface area contributed by atoms with Gasteiger partial charge in [0.15, 0.2) is 0 Å². The third-order valence-corrected chi connectivity index (χ3v) is 5.05. The van der Waals surface area contributed by atoms with Crippen molar-refractivity contribution in [1.82, 2.24) is 0 Å². The fraction of sp³-hybridized carbons (Fsp3) is 0.240. The Morgan fingerprint density at radius 1 is 0.964 bits per heavy atom. The second-order valence-corrected chi connectivity index (χ2v) is 6.95. The molecule has 3 nitrogen and oxygen atoms in total. The molecule has 144 valence electrons. The number of esters is 1. The van der Waals surface area contributed by atoms with Crippen molar-refractivity contribution in [3.05, 3.63) is 76.3 Å². The molecule has 28 heavy (non-hydrogen) atoms. The van der Waals surface area contributed by atoms with E-state index < -0.39 is 0 Å². The predicted molar refractivity (Wildman–Crippen MR) is 116 cm³/mol. The summed E-state index contributed by atoms with van der Waals surface area (Å²) < 4.78 is 10.5. The Morgan fingerprint density at radius 2 is 1.64 bits per heavy atom. The van der Waals surface area contributed by atoms with E-state index in [1.54, 1.807) is 26.2 Å². The summed E-state index contributed by atoms with van der Waals surface area (Å²) in [5.74, 6) is 0.636. The lowest BCUT2D eigenvalue weighted by Gasteiger charge is -2.13. The SMILES string of the molecule is CCOC(=O)c1ccc(/C=C(/C)c2ccc3c(C)c(OC)cc(C)c3c2)cc1. The molecule has 3 rings (SSSR count). The minimum absolute atomic E-state index is 0.287. The number of hydrogen-bond acceptors (Lipinski definition) is 3. The van der Waals surface area contributed by atoms with Crippen molar-refractivity contribution in [1.29, 1.82) is 0 Å². The number of benzene rings is 3. The quantitative estimate of drug-likeness (QED) is 0.394. The molecule has 0 aromatic heterocycles. The number of methoxy groups -OCH3 is 1. The number of rotatable bonds is 5. The molecule has 3 aromatic carbocycles. The first kappa shape index (κ1) is 19.7. The van der Waals surface area contributed by atoms with E-state index in [2.05, 4.69) is 51.1 Å². The third-order valence-electron chi connectivity index (χ3n) is 5.05. The van der Waals surface area contributed by atoms with Gasteiger partial charge in [-0.25, -0.2) is 4.79 Å². The van der Waals surface area contributed by atoms with Crippen LogP contribution in [0.1, 0.15) is 46.5 Å². The second kappa shape index (κ2) is 8.30. The Kier molecular flexibility index (Phi) is 5.84. The van der Waals surface area contributed by atoms with E-state index in [4.69, 9.17) is 9.47 Å². The van der Waals surface area contributed by atoms with Crippen molar-refractivity contribution in [2.45, 2.75) is 27.7 Å². The number of ether oxygens (including phenoxy) is 2. The molecule has 0 bridgehead atoms. The van der Waals surface area contributed by atoms with Crippen LogP contribution in [0, 0.1) is 13.8 Å². The summed E-state index contributed by atoms with van der Waals surface area (Å²) in [4.78, 5) is 11.8. The second-order valence-electron chi connectivity index (χ2n) is 6.95. The number of aryl methyl sites for hydroxylation is 2.